The predicted molar refractivity (Wildman–Crippen MR) is 79.9 cm³/mol. The summed E-state index contributed by atoms with van der Waals surface area (Å²) in [7, 11) is 0. The highest BCUT2D eigenvalue weighted by atomic mass is 32.2. The Balaban J connectivity index is 2.07. The fraction of sp³-hybridized carbons (Fsp3) is 1.00. The minimum Gasteiger partial charge on any atom is -0.313 e. The van der Waals surface area contributed by atoms with Gasteiger partial charge in [0.1, 0.15) is 0 Å². The number of nitrogens with one attached hydrogen (secondary N) is 1. The zero-order valence-electron chi connectivity index (χ0n) is 12.3. The van der Waals surface area contributed by atoms with Crippen LogP contribution in [0.5, 0.6) is 0 Å². The van der Waals surface area contributed by atoms with E-state index in [1.54, 1.807) is 0 Å². The Bertz CT molecular complexity index is 203. The summed E-state index contributed by atoms with van der Waals surface area (Å²) < 4.78 is 0.405. The summed E-state index contributed by atoms with van der Waals surface area (Å²) in [5.74, 6) is 1.23. The summed E-state index contributed by atoms with van der Waals surface area (Å²) >= 11 is 2.05. The van der Waals surface area contributed by atoms with Crippen LogP contribution in [-0.2, 0) is 0 Å². The maximum Gasteiger partial charge on any atom is 0.00917 e. The Morgan fingerprint density at radius 3 is 2.29 bits per heavy atom. The molecule has 1 heterocycles. The smallest absolute Gasteiger partial charge is 0.00917 e. The zero-order valence-corrected chi connectivity index (χ0v) is 13.1. The lowest BCUT2D eigenvalue weighted by molar-refractivity contribution is 0.162. The molecule has 1 N–H and O–H groups in total. The van der Waals surface area contributed by atoms with E-state index in [4.69, 9.17) is 0 Å². The average Bonchev–Trinajstić information content (AvgIpc) is 2.24. The van der Waals surface area contributed by atoms with Crippen molar-refractivity contribution in [3.05, 3.63) is 0 Å². The van der Waals surface area contributed by atoms with E-state index in [1.807, 2.05) is 0 Å². The predicted octanol–water partition coefficient (Wildman–Crippen LogP) is 2.98. The average molecular weight is 258 g/mol. The van der Waals surface area contributed by atoms with Crippen molar-refractivity contribution in [2.75, 3.05) is 25.4 Å². The Labute approximate surface area is 112 Å². The lowest BCUT2D eigenvalue weighted by atomic mass is 10.0. The molecule has 0 unspecified atom stereocenters. The number of piperidine rings is 1. The molecule has 0 aliphatic carbocycles. The molecule has 3 heteroatoms. The Kier molecular flexibility index (Phi) is 6.32. The minimum absolute atomic E-state index is 0.405. The number of nitrogens with zero attached hydrogens (tertiary/aromatic N) is 1. The van der Waals surface area contributed by atoms with Crippen LogP contribution in [0, 0.1) is 0 Å². The van der Waals surface area contributed by atoms with Gasteiger partial charge in [0.15, 0.2) is 0 Å². The number of rotatable bonds is 5. The van der Waals surface area contributed by atoms with E-state index in [0.29, 0.717) is 10.8 Å². The standard InChI is InChI=1S/C14H30N2S/c1-12(2)16-9-6-13(7-10-16)15-8-11-17-14(3,4)5/h12-13,15H,6-11H2,1-5H3. The van der Waals surface area contributed by atoms with Crippen molar-refractivity contribution in [2.45, 2.75) is 64.3 Å². The van der Waals surface area contributed by atoms with Crippen LogP contribution >= 0.6 is 11.8 Å². The van der Waals surface area contributed by atoms with Crippen LogP contribution in [0.1, 0.15) is 47.5 Å². The fourth-order valence-corrected chi connectivity index (χ4v) is 3.07. The molecule has 102 valence electrons. The zero-order chi connectivity index (χ0) is 12.9. The summed E-state index contributed by atoms with van der Waals surface area (Å²) in [6.45, 7) is 15.2. The summed E-state index contributed by atoms with van der Waals surface area (Å²) in [6, 6.07) is 1.47. The molecule has 1 fully saturated rings. The molecule has 17 heavy (non-hydrogen) atoms. The summed E-state index contributed by atoms with van der Waals surface area (Å²) in [4.78, 5) is 2.59. The van der Waals surface area contributed by atoms with Crippen LogP contribution in [-0.4, -0.2) is 47.1 Å². The van der Waals surface area contributed by atoms with Crippen molar-refractivity contribution in [3.63, 3.8) is 0 Å². The maximum atomic E-state index is 3.71. The Morgan fingerprint density at radius 1 is 1.24 bits per heavy atom. The van der Waals surface area contributed by atoms with Gasteiger partial charge in [-0.2, -0.15) is 11.8 Å². The van der Waals surface area contributed by atoms with Crippen molar-refractivity contribution < 1.29 is 0 Å². The Hall–Kier alpha value is 0.270. The van der Waals surface area contributed by atoms with Gasteiger partial charge in [-0.25, -0.2) is 0 Å². The third-order valence-corrected chi connectivity index (χ3v) is 4.60. The van der Waals surface area contributed by atoms with Crippen LogP contribution in [0.15, 0.2) is 0 Å². The molecule has 2 nitrogen and oxygen atoms in total. The van der Waals surface area contributed by atoms with Crippen LogP contribution < -0.4 is 5.32 Å². The number of hydrogen-bond donors (Lipinski definition) is 1. The fourth-order valence-electron chi connectivity index (χ4n) is 2.24. The monoisotopic (exact) mass is 258 g/mol. The SMILES string of the molecule is CC(C)N1CCC(NCCSC(C)(C)C)CC1. The van der Waals surface area contributed by atoms with Crippen LogP contribution in [0.3, 0.4) is 0 Å². The highest BCUT2D eigenvalue weighted by molar-refractivity contribution is 8.00. The van der Waals surface area contributed by atoms with Gasteiger partial charge in [-0.1, -0.05) is 20.8 Å². The molecule has 0 saturated carbocycles. The summed E-state index contributed by atoms with van der Waals surface area (Å²) in [6.07, 6.45) is 2.64. The van der Waals surface area contributed by atoms with Crippen LogP contribution in [0.2, 0.25) is 0 Å². The molecule has 0 aromatic carbocycles. The van der Waals surface area contributed by atoms with Gasteiger partial charge >= 0.3 is 0 Å². The second-order valence-corrected chi connectivity index (χ2v) is 8.24. The van der Waals surface area contributed by atoms with Crippen molar-refractivity contribution in [3.8, 4) is 0 Å². The quantitative estimate of drug-likeness (QED) is 0.763. The molecule has 1 aliphatic heterocycles. The van der Waals surface area contributed by atoms with Gasteiger partial charge in [0.05, 0.1) is 0 Å². The summed E-state index contributed by atoms with van der Waals surface area (Å²) in [5.41, 5.74) is 0. The third kappa shape index (κ3) is 6.68. The third-order valence-electron chi connectivity index (χ3n) is 3.33. The van der Waals surface area contributed by atoms with Crippen molar-refractivity contribution in [2.24, 2.45) is 0 Å². The second-order valence-electron chi connectivity index (χ2n) is 6.32. The van der Waals surface area contributed by atoms with Gasteiger partial charge in [-0.05, 0) is 39.8 Å². The molecular weight excluding hydrogens is 228 g/mol. The maximum absolute atomic E-state index is 3.71. The van der Waals surface area contributed by atoms with Gasteiger partial charge in [-0.3, -0.25) is 0 Å². The first-order valence-corrected chi connectivity index (χ1v) is 7.98. The van der Waals surface area contributed by atoms with E-state index in [1.165, 1.54) is 31.7 Å². The summed E-state index contributed by atoms with van der Waals surface area (Å²) in [5, 5.41) is 3.71. The molecule has 0 spiro atoms. The number of likely N-dealkylation sites (tertiary alicyclic amines) is 1. The normalized spacial score (nSPS) is 20.1. The molecule has 0 aromatic rings. The molecule has 0 bridgehead atoms. The van der Waals surface area contributed by atoms with E-state index >= 15 is 0 Å². The first-order valence-electron chi connectivity index (χ1n) is 7.00. The Morgan fingerprint density at radius 2 is 1.82 bits per heavy atom. The van der Waals surface area contributed by atoms with E-state index in [0.717, 1.165) is 12.6 Å². The van der Waals surface area contributed by atoms with Gasteiger partial charge in [0.2, 0.25) is 0 Å². The lowest BCUT2D eigenvalue weighted by Crippen LogP contribution is -2.45. The van der Waals surface area contributed by atoms with E-state index < -0.39 is 0 Å². The molecule has 0 atom stereocenters. The van der Waals surface area contributed by atoms with Gasteiger partial charge < -0.3 is 10.2 Å². The number of hydrogen-bond acceptors (Lipinski definition) is 3. The second kappa shape index (κ2) is 7.01. The lowest BCUT2D eigenvalue weighted by Gasteiger charge is -2.35. The molecular formula is C14H30N2S. The molecule has 0 radical (unpaired) electrons. The van der Waals surface area contributed by atoms with Crippen molar-refractivity contribution in [1.29, 1.82) is 0 Å². The topological polar surface area (TPSA) is 15.3 Å². The van der Waals surface area contributed by atoms with Crippen LogP contribution in [0.4, 0.5) is 0 Å². The van der Waals surface area contributed by atoms with E-state index in [-0.39, 0.29) is 0 Å². The molecule has 1 aliphatic rings. The highest BCUT2D eigenvalue weighted by Crippen LogP contribution is 2.22. The molecule has 1 saturated heterocycles. The van der Waals surface area contributed by atoms with E-state index in [9.17, 15) is 0 Å². The van der Waals surface area contributed by atoms with Gasteiger partial charge in [0, 0.05) is 29.1 Å². The van der Waals surface area contributed by atoms with Crippen molar-refractivity contribution >= 4 is 11.8 Å². The first-order chi connectivity index (χ1) is 7.88. The molecule has 0 aromatic heterocycles. The van der Waals surface area contributed by atoms with Gasteiger partial charge in [-0.15, -0.1) is 0 Å². The van der Waals surface area contributed by atoms with E-state index in [2.05, 4.69) is 56.6 Å². The van der Waals surface area contributed by atoms with Crippen LogP contribution in [0.25, 0.3) is 0 Å². The number of thioether (sulfide) groups is 1. The largest absolute Gasteiger partial charge is 0.313 e. The first kappa shape index (κ1) is 15.3. The highest BCUT2D eigenvalue weighted by Gasteiger charge is 2.20. The molecule has 1 rings (SSSR count). The molecule has 0 amide bonds. The minimum atomic E-state index is 0.405. The van der Waals surface area contributed by atoms with Crippen molar-refractivity contribution in [1.82, 2.24) is 10.2 Å². The van der Waals surface area contributed by atoms with Gasteiger partial charge in [0.25, 0.3) is 0 Å².